The zero-order valence-corrected chi connectivity index (χ0v) is 12.1. The monoisotopic (exact) mass is 263 g/mol. The van der Waals surface area contributed by atoms with Crippen LogP contribution in [0, 0.1) is 5.92 Å². The maximum absolute atomic E-state index is 6.44. The normalized spacial score (nSPS) is 22.7. The van der Waals surface area contributed by atoms with Gasteiger partial charge in [-0.05, 0) is 49.7 Å². The van der Waals surface area contributed by atoms with Crippen LogP contribution in [0.3, 0.4) is 0 Å². The van der Waals surface area contributed by atoms with Crippen molar-refractivity contribution >= 4 is 11.3 Å². The average molecular weight is 263 g/mol. The quantitative estimate of drug-likeness (QED) is 0.793. The van der Waals surface area contributed by atoms with E-state index in [2.05, 4.69) is 6.07 Å². The fraction of sp³-hybridized carbons (Fsp3) is 0.750. The Morgan fingerprint density at radius 1 is 1.11 bits per heavy atom. The van der Waals surface area contributed by atoms with Gasteiger partial charge >= 0.3 is 0 Å². The first-order valence-corrected chi connectivity index (χ1v) is 8.51. The SMILES string of the molecule is NC(CC1CCCC1)c1cc2c(s1)CCCCC2. The fourth-order valence-electron chi connectivity index (χ4n) is 3.59. The molecule has 1 nitrogen and oxygen atoms in total. The lowest BCUT2D eigenvalue weighted by molar-refractivity contribution is 0.454. The third kappa shape index (κ3) is 2.80. The summed E-state index contributed by atoms with van der Waals surface area (Å²) in [6, 6.07) is 2.75. The molecule has 100 valence electrons. The Labute approximate surface area is 115 Å². The lowest BCUT2D eigenvalue weighted by Gasteiger charge is -2.14. The maximum Gasteiger partial charge on any atom is 0.0392 e. The van der Waals surface area contributed by atoms with Gasteiger partial charge in [-0.3, -0.25) is 0 Å². The van der Waals surface area contributed by atoms with Crippen molar-refractivity contribution in [2.75, 3.05) is 0 Å². The van der Waals surface area contributed by atoms with Gasteiger partial charge in [-0.25, -0.2) is 0 Å². The third-order valence-electron chi connectivity index (χ3n) is 4.69. The molecule has 0 aromatic carbocycles. The molecule has 3 rings (SSSR count). The number of thiophene rings is 1. The van der Waals surface area contributed by atoms with E-state index in [-0.39, 0.29) is 0 Å². The van der Waals surface area contributed by atoms with Crippen LogP contribution in [-0.2, 0) is 12.8 Å². The van der Waals surface area contributed by atoms with Crippen molar-refractivity contribution in [2.45, 2.75) is 70.3 Å². The minimum Gasteiger partial charge on any atom is -0.323 e. The zero-order chi connectivity index (χ0) is 12.4. The van der Waals surface area contributed by atoms with E-state index in [1.54, 1.807) is 10.4 Å². The molecule has 1 saturated carbocycles. The topological polar surface area (TPSA) is 26.0 Å². The molecule has 0 bridgehead atoms. The van der Waals surface area contributed by atoms with E-state index >= 15 is 0 Å². The molecule has 0 amide bonds. The summed E-state index contributed by atoms with van der Waals surface area (Å²) in [6.07, 6.45) is 13.7. The van der Waals surface area contributed by atoms with Crippen LogP contribution in [0.5, 0.6) is 0 Å². The van der Waals surface area contributed by atoms with E-state index in [1.165, 1.54) is 69.1 Å². The van der Waals surface area contributed by atoms with Crippen molar-refractivity contribution in [3.8, 4) is 0 Å². The molecule has 1 heterocycles. The van der Waals surface area contributed by atoms with Crippen LogP contribution in [-0.4, -0.2) is 0 Å². The molecule has 2 N–H and O–H groups in total. The Hall–Kier alpha value is -0.340. The Bertz CT molecular complexity index is 366. The fourth-order valence-corrected chi connectivity index (χ4v) is 4.87. The highest BCUT2D eigenvalue weighted by atomic mass is 32.1. The number of rotatable bonds is 3. The van der Waals surface area contributed by atoms with Gasteiger partial charge in [0.25, 0.3) is 0 Å². The number of nitrogens with two attached hydrogens (primary N) is 1. The van der Waals surface area contributed by atoms with Crippen LogP contribution in [0.2, 0.25) is 0 Å². The molecular formula is C16H25NS. The van der Waals surface area contributed by atoms with Gasteiger partial charge in [0.05, 0.1) is 0 Å². The molecule has 1 aromatic heterocycles. The van der Waals surface area contributed by atoms with E-state index < -0.39 is 0 Å². The Kier molecular flexibility index (Phi) is 4.05. The summed E-state index contributed by atoms with van der Waals surface area (Å²) in [5.41, 5.74) is 8.06. The predicted molar refractivity (Wildman–Crippen MR) is 79.1 cm³/mol. The molecule has 1 unspecified atom stereocenters. The summed E-state index contributed by atoms with van der Waals surface area (Å²) in [6.45, 7) is 0. The summed E-state index contributed by atoms with van der Waals surface area (Å²) in [4.78, 5) is 3.11. The largest absolute Gasteiger partial charge is 0.323 e. The molecule has 0 radical (unpaired) electrons. The van der Waals surface area contributed by atoms with Crippen LogP contribution in [0.15, 0.2) is 6.07 Å². The van der Waals surface area contributed by atoms with Crippen LogP contribution in [0.1, 0.15) is 72.7 Å². The predicted octanol–water partition coefficient (Wildman–Crippen LogP) is 4.60. The van der Waals surface area contributed by atoms with E-state index in [0.717, 1.165) is 5.92 Å². The molecule has 0 spiro atoms. The molecule has 2 aliphatic carbocycles. The zero-order valence-electron chi connectivity index (χ0n) is 11.3. The molecule has 2 aliphatic rings. The first-order chi connectivity index (χ1) is 8.83. The lowest BCUT2D eigenvalue weighted by atomic mass is 9.97. The molecular weight excluding hydrogens is 238 g/mol. The van der Waals surface area contributed by atoms with Crippen LogP contribution < -0.4 is 5.73 Å². The smallest absolute Gasteiger partial charge is 0.0392 e. The van der Waals surface area contributed by atoms with Crippen LogP contribution in [0.4, 0.5) is 0 Å². The standard InChI is InChI=1S/C16H25NS/c17-14(10-12-6-4-5-7-12)16-11-13-8-2-1-3-9-15(13)18-16/h11-12,14H,1-10,17H2. The Morgan fingerprint density at radius 2 is 1.89 bits per heavy atom. The number of fused-ring (bicyclic) bond motifs is 1. The third-order valence-corrected chi connectivity index (χ3v) is 6.06. The molecule has 2 heteroatoms. The van der Waals surface area contributed by atoms with E-state index in [0.29, 0.717) is 6.04 Å². The highest BCUT2D eigenvalue weighted by Crippen LogP contribution is 2.36. The summed E-state index contributed by atoms with van der Waals surface area (Å²) in [5.74, 6) is 0.905. The molecule has 1 fully saturated rings. The lowest BCUT2D eigenvalue weighted by Crippen LogP contribution is -2.12. The number of hydrogen-bond donors (Lipinski definition) is 1. The Morgan fingerprint density at radius 3 is 2.72 bits per heavy atom. The van der Waals surface area contributed by atoms with Crippen molar-refractivity contribution in [3.05, 3.63) is 21.4 Å². The average Bonchev–Trinajstić information content (AvgIpc) is 2.95. The summed E-state index contributed by atoms with van der Waals surface area (Å²) >= 11 is 2.02. The van der Waals surface area contributed by atoms with Gasteiger partial charge < -0.3 is 5.73 Å². The minimum atomic E-state index is 0.310. The maximum atomic E-state index is 6.44. The van der Waals surface area contributed by atoms with Crippen LogP contribution in [0.25, 0.3) is 0 Å². The summed E-state index contributed by atoms with van der Waals surface area (Å²) in [5, 5.41) is 0. The summed E-state index contributed by atoms with van der Waals surface area (Å²) in [7, 11) is 0. The van der Waals surface area contributed by atoms with Crippen molar-refractivity contribution < 1.29 is 0 Å². The Balaban J connectivity index is 1.67. The first-order valence-electron chi connectivity index (χ1n) is 7.70. The van der Waals surface area contributed by atoms with Gasteiger partial charge in [0, 0.05) is 15.8 Å². The molecule has 18 heavy (non-hydrogen) atoms. The van der Waals surface area contributed by atoms with Gasteiger partial charge in [0.2, 0.25) is 0 Å². The van der Waals surface area contributed by atoms with Gasteiger partial charge in [0.1, 0.15) is 0 Å². The van der Waals surface area contributed by atoms with E-state index in [4.69, 9.17) is 5.73 Å². The molecule has 0 aliphatic heterocycles. The van der Waals surface area contributed by atoms with Gasteiger partial charge in [-0.15, -0.1) is 11.3 Å². The van der Waals surface area contributed by atoms with Crippen molar-refractivity contribution in [3.63, 3.8) is 0 Å². The first kappa shape index (κ1) is 12.7. The minimum absolute atomic E-state index is 0.310. The molecule has 1 atom stereocenters. The van der Waals surface area contributed by atoms with E-state index in [1.807, 2.05) is 11.3 Å². The van der Waals surface area contributed by atoms with Crippen molar-refractivity contribution in [1.82, 2.24) is 0 Å². The highest BCUT2D eigenvalue weighted by Gasteiger charge is 2.21. The van der Waals surface area contributed by atoms with Crippen molar-refractivity contribution in [1.29, 1.82) is 0 Å². The second-order valence-electron chi connectivity index (χ2n) is 6.15. The second-order valence-corrected chi connectivity index (χ2v) is 7.32. The number of aryl methyl sites for hydroxylation is 2. The van der Waals surface area contributed by atoms with Gasteiger partial charge in [-0.1, -0.05) is 32.1 Å². The van der Waals surface area contributed by atoms with Crippen molar-refractivity contribution in [2.24, 2.45) is 11.7 Å². The van der Waals surface area contributed by atoms with Crippen LogP contribution >= 0.6 is 11.3 Å². The summed E-state index contributed by atoms with van der Waals surface area (Å²) < 4.78 is 0. The molecule has 1 aromatic rings. The highest BCUT2D eigenvalue weighted by molar-refractivity contribution is 7.12. The van der Waals surface area contributed by atoms with E-state index in [9.17, 15) is 0 Å². The molecule has 0 saturated heterocycles. The van der Waals surface area contributed by atoms with Gasteiger partial charge in [0.15, 0.2) is 0 Å². The number of hydrogen-bond acceptors (Lipinski definition) is 2. The second kappa shape index (κ2) is 5.75. The van der Waals surface area contributed by atoms with Gasteiger partial charge in [-0.2, -0.15) is 0 Å².